The van der Waals surface area contributed by atoms with Crippen molar-refractivity contribution < 1.29 is 14.3 Å². The third-order valence-corrected chi connectivity index (χ3v) is 4.56. The van der Waals surface area contributed by atoms with E-state index in [-0.39, 0.29) is 18.6 Å². The molecule has 5 nitrogen and oxygen atoms in total. The molecule has 2 aromatic rings. The molecule has 0 radical (unpaired) electrons. The summed E-state index contributed by atoms with van der Waals surface area (Å²) in [5.74, 6) is -0.823. The van der Waals surface area contributed by atoms with Gasteiger partial charge in [-0.05, 0) is 32.8 Å². The van der Waals surface area contributed by atoms with Crippen LogP contribution in [0, 0.1) is 6.92 Å². The summed E-state index contributed by atoms with van der Waals surface area (Å²) in [5.41, 5.74) is 2.84. The Bertz CT molecular complexity index is 720. The molecular formula is C18H22N2O3S. The lowest BCUT2D eigenvalue weighted by molar-refractivity contribution is -0.124. The first-order valence-electron chi connectivity index (χ1n) is 7.94. The predicted molar refractivity (Wildman–Crippen MR) is 95.2 cm³/mol. The van der Waals surface area contributed by atoms with Crippen molar-refractivity contribution in [2.45, 2.75) is 40.2 Å². The maximum atomic E-state index is 12.2. The van der Waals surface area contributed by atoms with E-state index in [0.29, 0.717) is 10.6 Å². The number of rotatable bonds is 6. The van der Waals surface area contributed by atoms with Gasteiger partial charge in [0.15, 0.2) is 6.61 Å². The number of ether oxygens (including phenoxy) is 1. The summed E-state index contributed by atoms with van der Waals surface area (Å²) >= 11 is 1.28. The Morgan fingerprint density at radius 3 is 2.50 bits per heavy atom. The molecule has 1 amide bonds. The number of amides is 1. The van der Waals surface area contributed by atoms with E-state index in [4.69, 9.17) is 4.74 Å². The fourth-order valence-electron chi connectivity index (χ4n) is 2.15. The minimum atomic E-state index is -0.514. The number of aromatic nitrogens is 1. The van der Waals surface area contributed by atoms with Crippen molar-refractivity contribution in [1.29, 1.82) is 0 Å². The van der Waals surface area contributed by atoms with Gasteiger partial charge in [0.25, 0.3) is 5.91 Å². The molecule has 0 aliphatic heterocycles. The first-order valence-corrected chi connectivity index (χ1v) is 8.75. The van der Waals surface area contributed by atoms with Crippen molar-refractivity contribution >= 4 is 23.2 Å². The molecule has 0 spiro atoms. The Balaban J connectivity index is 2.07. The van der Waals surface area contributed by atoms with Crippen LogP contribution < -0.4 is 5.32 Å². The van der Waals surface area contributed by atoms with Gasteiger partial charge in [-0.25, -0.2) is 9.78 Å². The summed E-state index contributed by atoms with van der Waals surface area (Å²) in [7, 11) is 0. The van der Waals surface area contributed by atoms with Crippen molar-refractivity contribution in [3.8, 4) is 10.6 Å². The molecule has 1 heterocycles. The molecule has 1 aromatic carbocycles. The monoisotopic (exact) mass is 346 g/mol. The molecule has 128 valence electrons. The lowest BCUT2D eigenvalue weighted by Gasteiger charge is -2.08. The van der Waals surface area contributed by atoms with E-state index in [9.17, 15) is 9.59 Å². The molecule has 1 N–H and O–H groups in total. The highest BCUT2D eigenvalue weighted by molar-refractivity contribution is 7.17. The van der Waals surface area contributed by atoms with E-state index in [1.165, 1.54) is 16.9 Å². The molecule has 2 rings (SSSR count). The number of thiazole rings is 1. The summed E-state index contributed by atoms with van der Waals surface area (Å²) in [6, 6.07) is 8.13. The quantitative estimate of drug-likeness (QED) is 0.814. The molecule has 0 bridgehead atoms. The van der Waals surface area contributed by atoms with E-state index in [2.05, 4.69) is 29.4 Å². The van der Waals surface area contributed by atoms with Gasteiger partial charge < -0.3 is 10.1 Å². The minimum Gasteiger partial charge on any atom is -0.451 e. The number of nitrogens with zero attached hydrogens (tertiary/aromatic N) is 1. The number of carbonyl (C=O) groups excluding carboxylic acids is 2. The van der Waals surface area contributed by atoms with Crippen LogP contribution in [0.5, 0.6) is 0 Å². The van der Waals surface area contributed by atoms with E-state index < -0.39 is 5.97 Å². The normalized spacial score (nSPS) is 10.7. The van der Waals surface area contributed by atoms with Gasteiger partial charge in [0.05, 0.1) is 5.69 Å². The predicted octanol–water partition coefficient (Wildman–Crippen LogP) is 3.36. The molecule has 0 atom stereocenters. The highest BCUT2D eigenvalue weighted by Crippen LogP contribution is 2.28. The molecule has 0 saturated heterocycles. The molecule has 0 saturated carbocycles. The van der Waals surface area contributed by atoms with Crippen LogP contribution in [-0.2, 0) is 16.0 Å². The molecule has 1 aromatic heterocycles. The highest BCUT2D eigenvalue weighted by atomic mass is 32.1. The topological polar surface area (TPSA) is 68.3 Å². The molecule has 24 heavy (non-hydrogen) atoms. The van der Waals surface area contributed by atoms with Crippen LogP contribution in [0.25, 0.3) is 10.6 Å². The second-order valence-corrected chi connectivity index (χ2v) is 6.78. The highest BCUT2D eigenvalue weighted by Gasteiger charge is 2.18. The van der Waals surface area contributed by atoms with Crippen LogP contribution >= 0.6 is 11.3 Å². The van der Waals surface area contributed by atoms with Gasteiger partial charge in [0.1, 0.15) is 9.88 Å². The Morgan fingerprint density at radius 1 is 1.25 bits per heavy atom. The van der Waals surface area contributed by atoms with Gasteiger partial charge in [0.2, 0.25) is 0 Å². The summed E-state index contributed by atoms with van der Waals surface area (Å²) in [6.07, 6.45) is 0.979. The maximum Gasteiger partial charge on any atom is 0.350 e. The van der Waals surface area contributed by atoms with Crippen LogP contribution in [0.4, 0.5) is 0 Å². The van der Waals surface area contributed by atoms with Crippen molar-refractivity contribution in [2.24, 2.45) is 0 Å². The molecule has 0 fully saturated rings. The Labute approximate surface area is 146 Å². The smallest absolute Gasteiger partial charge is 0.350 e. The fraction of sp³-hybridized carbons (Fsp3) is 0.389. The fourth-order valence-corrected chi connectivity index (χ4v) is 3.12. The minimum absolute atomic E-state index is 0.0130. The second kappa shape index (κ2) is 8.06. The largest absolute Gasteiger partial charge is 0.451 e. The van der Waals surface area contributed by atoms with Gasteiger partial charge >= 0.3 is 5.97 Å². The number of esters is 1. The van der Waals surface area contributed by atoms with Crippen LogP contribution in [0.15, 0.2) is 24.3 Å². The van der Waals surface area contributed by atoms with Gasteiger partial charge in [-0.15, -0.1) is 11.3 Å². The van der Waals surface area contributed by atoms with Crippen LogP contribution in [0.2, 0.25) is 0 Å². The van der Waals surface area contributed by atoms with Crippen LogP contribution in [-0.4, -0.2) is 29.5 Å². The maximum absolute atomic E-state index is 12.2. The standard InChI is InChI=1S/C18H22N2O3S/c1-5-13-6-8-14(9-7-13)17-20-12(4)16(24-17)18(22)23-10-15(21)19-11(2)3/h6-9,11H,5,10H2,1-4H3,(H,19,21). The Morgan fingerprint density at radius 2 is 1.92 bits per heavy atom. The van der Waals surface area contributed by atoms with Crippen molar-refractivity contribution in [3.63, 3.8) is 0 Å². The summed E-state index contributed by atoms with van der Waals surface area (Å²) < 4.78 is 5.08. The summed E-state index contributed by atoms with van der Waals surface area (Å²) in [5, 5.41) is 3.45. The third kappa shape index (κ3) is 4.64. The lowest BCUT2D eigenvalue weighted by Crippen LogP contribution is -2.33. The van der Waals surface area contributed by atoms with Crippen LogP contribution in [0.3, 0.4) is 0 Å². The first kappa shape index (κ1) is 18.1. The number of carbonyl (C=O) groups is 2. The number of nitrogens with one attached hydrogen (secondary N) is 1. The van der Waals surface area contributed by atoms with Crippen molar-refractivity contribution in [2.75, 3.05) is 6.61 Å². The first-order chi connectivity index (χ1) is 11.4. The van der Waals surface area contributed by atoms with E-state index in [1.807, 2.05) is 26.0 Å². The number of aryl methyl sites for hydroxylation is 2. The van der Waals surface area contributed by atoms with E-state index >= 15 is 0 Å². The Hall–Kier alpha value is -2.21. The summed E-state index contributed by atoms with van der Waals surface area (Å²) in [4.78, 5) is 28.6. The van der Waals surface area contributed by atoms with E-state index in [0.717, 1.165) is 17.0 Å². The van der Waals surface area contributed by atoms with Crippen LogP contribution in [0.1, 0.15) is 41.7 Å². The molecule has 6 heteroatoms. The van der Waals surface area contributed by atoms with Crippen molar-refractivity contribution in [3.05, 3.63) is 40.4 Å². The second-order valence-electron chi connectivity index (χ2n) is 5.78. The van der Waals surface area contributed by atoms with Gasteiger partial charge in [-0.2, -0.15) is 0 Å². The zero-order valence-corrected chi connectivity index (χ0v) is 15.2. The summed E-state index contributed by atoms with van der Waals surface area (Å²) in [6.45, 7) is 7.29. The van der Waals surface area contributed by atoms with Gasteiger partial charge in [-0.1, -0.05) is 31.2 Å². The Kier molecular flexibility index (Phi) is 6.09. The van der Waals surface area contributed by atoms with Gasteiger partial charge in [0, 0.05) is 11.6 Å². The zero-order chi connectivity index (χ0) is 17.7. The SMILES string of the molecule is CCc1ccc(-c2nc(C)c(C(=O)OCC(=O)NC(C)C)s2)cc1. The molecule has 0 aliphatic carbocycles. The molecule has 0 unspecified atom stereocenters. The van der Waals surface area contributed by atoms with Gasteiger partial charge in [-0.3, -0.25) is 4.79 Å². The van der Waals surface area contributed by atoms with Crippen molar-refractivity contribution in [1.82, 2.24) is 10.3 Å². The number of hydrogen-bond acceptors (Lipinski definition) is 5. The van der Waals surface area contributed by atoms with E-state index in [1.54, 1.807) is 6.92 Å². The number of benzene rings is 1. The average Bonchev–Trinajstić information content (AvgIpc) is 2.94. The lowest BCUT2D eigenvalue weighted by atomic mass is 10.1. The zero-order valence-electron chi connectivity index (χ0n) is 14.4. The average molecular weight is 346 g/mol. The third-order valence-electron chi connectivity index (χ3n) is 3.38. The molecule has 0 aliphatic rings. The molecular weight excluding hydrogens is 324 g/mol. The number of hydrogen-bond donors (Lipinski definition) is 1.